The molecule has 2 heterocycles. The van der Waals surface area contributed by atoms with E-state index in [9.17, 15) is 9.18 Å². The molecule has 8 nitrogen and oxygen atoms in total. The molecule has 0 aliphatic carbocycles. The number of anilines is 2. The first-order valence-corrected chi connectivity index (χ1v) is 12.1. The molecule has 2 aromatic heterocycles. The van der Waals surface area contributed by atoms with Gasteiger partial charge in [0, 0.05) is 36.1 Å². The summed E-state index contributed by atoms with van der Waals surface area (Å²) < 4.78 is 30.1. The summed E-state index contributed by atoms with van der Waals surface area (Å²) in [6, 6.07) is 22.0. The van der Waals surface area contributed by atoms with Gasteiger partial charge in [-0.1, -0.05) is 12.1 Å². The maximum atomic E-state index is 13.1. The van der Waals surface area contributed by atoms with Gasteiger partial charge in [0.2, 0.25) is 0 Å². The van der Waals surface area contributed by atoms with Crippen LogP contribution in [0.25, 0.3) is 10.9 Å². The molecule has 0 aliphatic heterocycles. The summed E-state index contributed by atoms with van der Waals surface area (Å²) in [5, 5.41) is 6.81. The second-order valence-corrected chi connectivity index (χ2v) is 8.49. The number of amides is 1. The molecular formula is C30H25FN4O4. The predicted molar refractivity (Wildman–Crippen MR) is 146 cm³/mol. The van der Waals surface area contributed by atoms with E-state index in [4.69, 9.17) is 14.2 Å². The van der Waals surface area contributed by atoms with Crippen molar-refractivity contribution >= 4 is 28.3 Å². The highest BCUT2D eigenvalue weighted by Gasteiger charge is 2.14. The molecule has 0 aliphatic rings. The molecule has 196 valence electrons. The summed E-state index contributed by atoms with van der Waals surface area (Å²) in [6.45, 7) is 0.266. The Balaban J connectivity index is 1.29. The Labute approximate surface area is 224 Å². The van der Waals surface area contributed by atoms with Crippen LogP contribution < -0.4 is 24.8 Å². The number of carbonyl (C=O) groups excluding carboxylic acids is 1. The van der Waals surface area contributed by atoms with E-state index in [1.165, 1.54) is 12.1 Å². The highest BCUT2D eigenvalue weighted by Crippen LogP contribution is 2.37. The van der Waals surface area contributed by atoms with Crippen LogP contribution in [0.5, 0.6) is 23.0 Å². The fourth-order valence-corrected chi connectivity index (χ4v) is 3.97. The standard InChI is InChI=1S/C30H25FN4O4/c1-37-27-16-24-25(17-28(27)38-2)32-15-13-26(24)39-22-11-9-21(10-12-22)35-29-23(4-3-14-33-29)30(36)34-18-19-5-7-20(31)8-6-19/h3-17H,18H2,1-2H3,(H,33,35)(H,34,36). The van der Waals surface area contributed by atoms with Crippen LogP contribution in [0, 0.1) is 5.82 Å². The number of nitrogens with one attached hydrogen (secondary N) is 2. The largest absolute Gasteiger partial charge is 0.493 e. The number of carbonyl (C=O) groups is 1. The number of ether oxygens (including phenoxy) is 3. The molecule has 39 heavy (non-hydrogen) atoms. The van der Waals surface area contributed by atoms with Crippen LogP contribution in [0.3, 0.4) is 0 Å². The highest BCUT2D eigenvalue weighted by molar-refractivity contribution is 5.99. The molecule has 0 saturated heterocycles. The Morgan fingerprint density at radius 1 is 0.846 bits per heavy atom. The molecule has 0 bridgehead atoms. The van der Waals surface area contributed by atoms with Crippen LogP contribution in [-0.2, 0) is 6.54 Å². The average Bonchev–Trinajstić information content (AvgIpc) is 2.97. The van der Waals surface area contributed by atoms with Crippen molar-refractivity contribution in [2.75, 3.05) is 19.5 Å². The molecular weight excluding hydrogens is 499 g/mol. The third kappa shape index (κ3) is 5.88. The van der Waals surface area contributed by atoms with Crippen molar-refractivity contribution in [2.45, 2.75) is 6.54 Å². The van der Waals surface area contributed by atoms with Gasteiger partial charge >= 0.3 is 0 Å². The summed E-state index contributed by atoms with van der Waals surface area (Å²) in [4.78, 5) is 21.6. The number of benzene rings is 3. The predicted octanol–water partition coefficient (Wildman–Crippen LogP) is 6.25. The van der Waals surface area contributed by atoms with Gasteiger partial charge in [0.05, 0.1) is 25.3 Å². The Kier molecular flexibility index (Phi) is 7.49. The van der Waals surface area contributed by atoms with Crippen LogP contribution in [0.4, 0.5) is 15.9 Å². The smallest absolute Gasteiger partial charge is 0.255 e. The second kappa shape index (κ2) is 11.5. The van der Waals surface area contributed by atoms with Crippen molar-refractivity contribution in [3.63, 3.8) is 0 Å². The molecule has 3 aromatic carbocycles. The maximum Gasteiger partial charge on any atom is 0.255 e. The number of fused-ring (bicyclic) bond motifs is 1. The Bertz CT molecular complexity index is 1610. The number of halogens is 1. The quantitative estimate of drug-likeness (QED) is 0.235. The SMILES string of the molecule is COc1cc2nccc(Oc3ccc(Nc4ncccc4C(=O)NCc4ccc(F)cc4)cc3)c2cc1OC. The number of aromatic nitrogens is 2. The van der Waals surface area contributed by atoms with Gasteiger partial charge in [-0.25, -0.2) is 9.37 Å². The number of pyridine rings is 2. The molecule has 0 unspecified atom stereocenters. The summed E-state index contributed by atoms with van der Waals surface area (Å²) in [7, 11) is 3.16. The van der Waals surface area contributed by atoms with Crippen LogP contribution in [0.15, 0.2) is 91.3 Å². The van der Waals surface area contributed by atoms with E-state index in [2.05, 4.69) is 20.6 Å². The topological polar surface area (TPSA) is 94.6 Å². The monoisotopic (exact) mass is 524 g/mol. The fraction of sp³-hybridized carbons (Fsp3) is 0.100. The molecule has 0 radical (unpaired) electrons. The number of methoxy groups -OCH3 is 2. The van der Waals surface area contributed by atoms with E-state index < -0.39 is 0 Å². The minimum Gasteiger partial charge on any atom is -0.493 e. The number of hydrogen-bond acceptors (Lipinski definition) is 7. The first kappa shape index (κ1) is 25.5. The average molecular weight is 525 g/mol. The third-order valence-electron chi connectivity index (χ3n) is 5.97. The summed E-state index contributed by atoms with van der Waals surface area (Å²) >= 11 is 0. The lowest BCUT2D eigenvalue weighted by Gasteiger charge is -2.13. The zero-order valence-electron chi connectivity index (χ0n) is 21.3. The zero-order valence-corrected chi connectivity index (χ0v) is 21.3. The van der Waals surface area contributed by atoms with E-state index in [-0.39, 0.29) is 18.3 Å². The van der Waals surface area contributed by atoms with Crippen molar-refractivity contribution in [3.8, 4) is 23.0 Å². The Hall–Kier alpha value is -5.18. The fourth-order valence-electron chi connectivity index (χ4n) is 3.97. The molecule has 0 atom stereocenters. The van der Waals surface area contributed by atoms with E-state index in [1.54, 1.807) is 63.0 Å². The van der Waals surface area contributed by atoms with Gasteiger partial charge in [0.15, 0.2) is 11.5 Å². The van der Waals surface area contributed by atoms with Gasteiger partial charge in [-0.3, -0.25) is 9.78 Å². The van der Waals surface area contributed by atoms with Crippen LogP contribution in [-0.4, -0.2) is 30.1 Å². The highest BCUT2D eigenvalue weighted by atomic mass is 19.1. The van der Waals surface area contributed by atoms with Crippen molar-refractivity contribution < 1.29 is 23.4 Å². The lowest BCUT2D eigenvalue weighted by molar-refractivity contribution is 0.0951. The van der Waals surface area contributed by atoms with E-state index in [0.29, 0.717) is 39.9 Å². The summed E-state index contributed by atoms with van der Waals surface area (Å²) in [5.74, 6) is 2.18. The third-order valence-corrected chi connectivity index (χ3v) is 5.97. The van der Waals surface area contributed by atoms with Gasteiger partial charge in [-0.05, 0) is 66.2 Å². The number of nitrogens with zero attached hydrogens (tertiary/aromatic N) is 2. The Morgan fingerprint density at radius 3 is 2.33 bits per heavy atom. The molecule has 1 amide bonds. The van der Waals surface area contributed by atoms with Gasteiger partial charge in [-0.15, -0.1) is 0 Å². The van der Waals surface area contributed by atoms with Gasteiger partial charge in [-0.2, -0.15) is 0 Å². The molecule has 0 saturated carbocycles. The summed E-state index contributed by atoms with van der Waals surface area (Å²) in [5.41, 5.74) is 2.61. The zero-order chi connectivity index (χ0) is 27.2. The lowest BCUT2D eigenvalue weighted by Crippen LogP contribution is -2.24. The van der Waals surface area contributed by atoms with E-state index >= 15 is 0 Å². The second-order valence-electron chi connectivity index (χ2n) is 8.49. The maximum absolute atomic E-state index is 13.1. The minimum absolute atomic E-state index is 0.266. The Morgan fingerprint density at radius 2 is 1.59 bits per heavy atom. The van der Waals surface area contributed by atoms with Crippen molar-refractivity contribution in [2.24, 2.45) is 0 Å². The lowest BCUT2D eigenvalue weighted by atomic mass is 10.1. The molecule has 9 heteroatoms. The van der Waals surface area contributed by atoms with Crippen LogP contribution in [0.1, 0.15) is 15.9 Å². The van der Waals surface area contributed by atoms with Gasteiger partial charge in [0.1, 0.15) is 23.1 Å². The van der Waals surface area contributed by atoms with E-state index in [1.807, 2.05) is 30.3 Å². The van der Waals surface area contributed by atoms with Crippen molar-refractivity contribution in [1.29, 1.82) is 0 Å². The molecule has 0 fully saturated rings. The van der Waals surface area contributed by atoms with Gasteiger partial charge < -0.3 is 24.8 Å². The first-order valence-electron chi connectivity index (χ1n) is 12.1. The molecule has 2 N–H and O–H groups in total. The summed E-state index contributed by atoms with van der Waals surface area (Å²) in [6.07, 6.45) is 3.28. The van der Waals surface area contributed by atoms with Crippen LogP contribution in [0.2, 0.25) is 0 Å². The van der Waals surface area contributed by atoms with Crippen molar-refractivity contribution in [3.05, 3.63) is 108 Å². The molecule has 5 aromatic rings. The first-order chi connectivity index (χ1) is 19.0. The minimum atomic E-state index is -0.324. The van der Waals surface area contributed by atoms with Crippen LogP contribution >= 0.6 is 0 Å². The molecule has 5 rings (SSSR count). The number of hydrogen-bond donors (Lipinski definition) is 2. The molecule has 0 spiro atoms. The van der Waals surface area contributed by atoms with Gasteiger partial charge in [0.25, 0.3) is 5.91 Å². The normalized spacial score (nSPS) is 10.6. The van der Waals surface area contributed by atoms with Crippen molar-refractivity contribution in [1.82, 2.24) is 15.3 Å². The number of rotatable bonds is 9. The van der Waals surface area contributed by atoms with E-state index in [0.717, 1.165) is 16.6 Å².